The summed E-state index contributed by atoms with van der Waals surface area (Å²) in [5, 5.41) is 0. The number of amides is 1. The molecule has 1 atom stereocenters. The van der Waals surface area contributed by atoms with Gasteiger partial charge in [-0.3, -0.25) is 9.69 Å². The highest BCUT2D eigenvalue weighted by molar-refractivity contribution is 7.89. The van der Waals surface area contributed by atoms with E-state index in [2.05, 4.69) is 32.7 Å². The summed E-state index contributed by atoms with van der Waals surface area (Å²) in [7, 11) is -3.52. The average Bonchev–Trinajstić information content (AvgIpc) is 2.90. The number of rotatable bonds is 7. The van der Waals surface area contributed by atoms with Crippen molar-refractivity contribution in [3.8, 4) is 0 Å². The molecule has 1 unspecified atom stereocenters. The van der Waals surface area contributed by atoms with Crippen molar-refractivity contribution in [3.05, 3.63) is 29.8 Å². The zero-order chi connectivity index (χ0) is 23.0. The van der Waals surface area contributed by atoms with Crippen molar-refractivity contribution in [1.82, 2.24) is 9.21 Å². The molecule has 1 fully saturated rings. The lowest BCUT2D eigenvalue weighted by Crippen LogP contribution is -2.47. The lowest BCUT2D eigenvalue weighted by molar-refractivity contribution is -0.131. The van der Waals surface area contributed by atoms with E-state index in [-0.39, 0.29) is 23.7 Å². The summed E-state index contributed by atoms with van der Waals surface area (Å²) in [6, 6.07) is 7.22. The molecule has 8 heteroatoms. The van der Waals surface area contributed by atoms with Crippen LogP contribution in [0.5, 0.6) is 0 Å². The Labute approximate surface area is 186 Å². The number of benzene rings is 1. The SMILES string of the molecule is CC(C)CC1(C)N=C(N)N(CC2CCN(S(=O)(=O)c3cccc(C(C)C)c3)CC2)C1=O. The third-order valence-electron chi connectivity index (χ3n) is 6.33. The van der Waals surface area contributed by atoms with Gasteiger partial charge in [-0.25, -0.2) is 13.4 Å². The minimum absolute atomic E-state index is 0.0424. The fourth-order valence-electron chi connectivity index (χ4n) is 4.63. The van der Waals surface area contributed by atoms with E-state index >= 15 is 0 Å². The molecule has 7 nitrogen and oxygen atoms in total. The summed E-state index contributed by atoms with van der Waals surface area (Å²) < 4.78 is 27.8. The molecule has 172 valence electrons. The Morgan fingerprint density at radius 1 is 1.19 bits per heavy atom. The van der Waals surface area contributed by atoms with E-state index in [0.717, 1.165) is 5.56 Å². The number of carbonyl (C=O) groups excluding carboxylic acids is 1. The Bertz CT molecular complexity index is 949. The van der Waals surface area contributed by atoms with Crippen LogP contribution in [0.15, 0.2) is 34.2 Å². The number of guanidine groups is 1. The molecule has 2 aliphatic heterocycles. The molecule has 0 radical (unpaired) electrons. The maximum atomic E-state index is 13.1. The van der Waals surface area contributed by atoms with Gasteiger partial charge in [-0.1, -0.05) is 39.8 Å². The molecule has 3 rings (SSSR count). The number of carbonyl (C=O) groups is 1. The number of aliphatic imine (C=N–C) groups is 1. The zero-order valence-corrected chi connectivity index (χ0v) is 20.2. The lowest BCUT2D eigenvalue weighted by atomic mass is 9.90. The molecule has 0 aromatic heterocycles. The minimum atomic E-state index is -3.52. The molecule has 0 aliphatic carbocycles. The van der Waals surface area contributed by atoms with Crippen LogP contribution in [0.3, 0.4) is 0 Å². The van der Waals surface area contributed by atoms with E-state index in [1.54, 1.807) is 21.3 Å². The molecule has 31 heavy (non-hydrogen) atoms. The Morgan fingerprint density at radius 2 is 1.84 bits per heavy atom. The van der Waals surface area contributed by atoms with Gasteiger partial charge < -0.3 is 5.73 Å². The maximum Gasteiger partial charge on any atom is 0.257 e. The highest BCUT2D eigenvalue weighted by Gasteiger charge is 2.45. The molecule has 2 heterocycles. The second kappa shape index (κ2) is 8.90. The number of piperidine rings is 1. The van der Waals surface area contributed by atoms with Crippen LogP contribution in [0.1, 0.15) is 65.4 Å². The fraction of sp³-hybridized carbons (Fsp3) is 0.652. The first-order chi connectivity index (χ1) is 14.4. The quantitative estimate of drug-likeness (QED) is 0.693. The highest BCUT2D eigenvalue weighted by atomic mass is 32.2. The van der Waals surface area contributed by atoms with Gasteiger partial charge in [-0.15, -0.1) is 0 Å². The standard InChI is InChI=1S/C23H36N4O3S/c1-16(2)14-23(5)21(28)27(22(24)25-23)15-18-9-11-26(12-10-18)31(29,30)20-8-6-7-19(13-20)17(3)4/h6-8,13,16-18H,9-12,14-15H2,1-5H3,(H2,24,25). The van der Waals surface area contributed by atoms with E-state index in [1.807, 2.05) is 19.1 Å². The average molecular weight is 449 g/mol. The number of sulfonamides is 1. The molecule has 1 amide bonds. The van der Waals surface area contributed by atoms with Crippen molar-refractivity contribution in [2.45, 2.75) is 70.2 Å². The molecule has 0 bridgehead atoms. The largest absolute Gasteiger partial charge is 0.369 e. The van der Waals surface area contributed by atoms with Gasteiger partial charge in [-0.05, 0) is 61.6 Å². The van der Waals surface area contributed by atoms with E-state index in [1.165, 1.54) is 0 Å². The predicted molar refractivity (Wildman–Crippen MR) is 123 cm³/mol. The highest BCUT2D eigenvalue weighted by Crippen LogP contribution is 2.31. The van der Waals surface area contributed by atoms with Crippen molar-refractivity contribution in [2.75, 3.05) is 19.6 Å². The van der Waals surface area contributed by atoms with Gasteiger partial charge in [0.2, 0.25) is 10.0 Å². The van der Waals surface area contributed by atoms with Gasteiger partial charge in [0.25, 0.3) is 5.91 Å². The molecule has 1 aromatic carbocycles. The van der Waals surface area contributed by atoms with Crippen molar-refractivity contribution in [3.63, 3.8) is 0 Å². The van der Waals surface area contributed by atoms with Gasteiger partial charge in [0.05, 0.1) is 4.90 Å². The summed E-state index contributed by atoms with van der Waals surface area (Å²) >= 11 is 0. The van der Waals surface area contributed by atoms with Crippen molar-refractivity contribution >= 4 is 21.9 Å². The number of nitrogens with two attached hydrogens (primary N) is 1. The Balaban J connectivity index is 1.63. The second-order valence-corrected chi connectivity index (χ2v) is 11.8. The first kappa shape index (κ1) is 23.7. The summed E-state index contributed by atoms with van der Waals surface area (Å²) in [4.78, 5) is 19.4. The van der Waals surface area contributed by atoms with Gasteiger partial charge in [0.1, 0.15) is 5.54 Å². The number of hydrogen-bond donors (Lipinski definition) is 1. The van der Waals surface area contributed by atoms with Crippen LogP contribution in [0.4, 0.5) is 0 Å². The molecule has 0 spiro atoms. The van der Waals surface area contributed by atoms with Crippen molar-refractivity contribution < 1.29 is 13.2 Å². The van der Waals surface area contributed by atoms with Gasteiger partial charge in [-0.2, -0.15) is 4.31 Å². The van der Waals surface area contributed by atoms with Crippen LogP contribution in [0.25, 0.3) is 0 Å². The smallest absolute Gasteiger partial charge is 0.257 e. The van der Waals surface area contributed by atoms with E-state index in [9.17, 15) is 13.2 Å². The molecule has 0 saturated carbocycles. The van der Waals surface area contributed by atoms with Gasteiger partial charge in [0, 0.05) is 19.6 Å². The lowest BCUT2D eigenvalue weighted by Gasteiger charge is -2.33. The van der Waals surface area contributed by atoms with Crippen LogP contribution < -0.4 is 5.73 Å². The summed E-state index contributed by atoms with van der Waals surface area (Å²) in [6.45, 7) is 11.5. The first-order valence-electron chi connectivity index (χ1n) is 11.2. The zero-order valence-electron chi connectivity index (χ0n) is 19.3. The van der Waals surface area contributed by atoms with Crippen molar-refractivity contribution in [1.29, 1.82) is 0 Å². The van der Waals surface area contributed by atoms with Crippen LogP contribution >= 0.6 is 0 Å². The first-order valence-corrected chi connectivity index (χ1v) is 12.7. The normalized spacial score (nSPS) is 23.8. The van der Waals surface area contributed by atoms with Crippen LogP contribution in [-0.2, 0) is 14.8 Å². The van der Waals surface area contributed by atoms with E-state index < -0.39 is 15.6 Å². The molecular formula is C23H36N4O3S. The topological polar surface area (TPSA) is 96.1 Å². The third kappa shape index (κ3) is 4.95. The number of nitrogens with zero attached hydrogens (tertiary/aromatic N) is 3. The monoisotopic (exact) mass is 448 g/mol. The Hall–Kier alpha value is -1.93. The molecule has 2 N–H and O–H groups in total. The summed E-state index contributed by atoms with van der Waals surface area (Å²) in [5.74, 6) is 1.06. The maximum absolute atomic E-state index is 13.1. The third-order valence-corrected chi connectivity index (χ3v) is 8.22. The van der Waals surface area contributed by atoms with E-state index in [4.69, 9.17) is 5.73 Å². The number of hydrogen-bond acceptors (Lipinski definition) is 5. The molecule has 2 aliphatic rings. The minimum Gasteiger partial charge on any atom is -0.369 e. The van der Waals surface area contributed by atoms with Crippen LogP contribution in [0.2, 0.25) is 0 Å². The molecular weight excluding hydrogens is 412 g/mol. The summed E-state index contributed by atoms with van der Waals surface area (Å²) in [6.07, 6.45) is 2.05. The van der Waals surface area contributed by atoms with Crippen LogP contribution in [-0.4, -0.2) is 54.7 Å². The van der Waals surface area contributed by atoms with Gasteiger partial charge >= 0.3 is 0 Å². The summed E-state index contributed by atoms with van der Waals surface area (Å²) in [5.41, 5.74) is 6.33. The Kier molecular flexibility index (Phi) is 6.81. The van der Waals surface area contributed by atoms with E-state index in [0.29, 0.717) is 49.7 Å². The molecule has 1 saturated heterocycles. The fourth-order valence-corrected chi connectivity index (χ4v) is 6.16. The predicted octanol–water partition coefficient (Wildman–Crippen LogP) is 3.17. The molecule has 1 aromatic rings. The van der Waals surface area contributed by atoms with Crippen LogP contribution in [0, 0.1) is 11.8 Å². The second-order valence-electron chi connectivity index (χ2n) is 9.83. The Morgan fingerprint density at radius 3 is 2.42 bits per heavy atom. The van der Waals surface area contributed by atoms with Gasteiger partial charge in [0.15, 0.2) is 5.96 Å². The van der Waals surface area contributed by atoms with Crippen molar-refractivity contribution in [2.24, 2.45) is 22.6 Å².